The molecule has 6 nitrogen and oxygen atoms in total. The van der Waals surface area contributed by atoms with Gasteiger partial charge in [-0.3, -0.25) is 4.68 Å². The molecule has 1 saturated heterocycles. The van der Waals surface area contributed by atoms with Crippen molar-refractivity contribution in [2.45, 2.75) is 44.9 Å². The maximum atomic E-state index is 10.7. The average molecular weight is 267 g/mol. The van der Waals surface area contributed by atoms with Crippen LogP contribution in [-0.4, -0.2) is 45.7 Å². The summed E-state index contributed by atoms with van der Waals surface area (Å²) in [7, 11) is 0. The topological polar surface area (TPSA) is 76.4 Å². The number of carboxylic acid groups (broad SMARTS) is 1. The van der Waals surface area contributed by atoms with Crippen LogP contribution in [0, 0.1) is 0 Å². The highest BCUT2D eigenvalue weighted by molar-refractivity contribution is 5.84. The summed E-state index contributed by atoms with van der Waals surface area (Å²) in [5.41, 5.74) is 0.0326. The fourth-order valence-electron chi connectivity index (χ4n) is 2.39. The van der Waals surface area contributed by atoms with Crippen molar-refractivity contribution >= 4 is 5.97 Å². The van der Waals surface area contributed by atoms with Gasteiger partial charge in [-0.25, -0.2) is 4.79 Å². The first-order chi connectivity index (χ1) is 8.96. The van der Waals surface area contributed by atoms with E-state index in [-0.39, 0.29) is 11.3 Å². The molecule has 106 valence electrons. The van der Waals surface area contributed by atoms with Crippen LogP contribution in [-0.2, 0) is 11.3 Å². The maximum absolute atomic E-state index is 10.7. The van der Waals surface area contributed by atoms with Gasteiger partial charge >= 0.3 is 5.97 Å². The predicted molar refractivity (Wildman–Crippen MR) is 70.2 cm³/mol. The van der Waals surface area contributed by atoms with Crippen LogP contribution in [0.4, 0.5) is 0 Å². The zero-order chi connectivity index (χ0) is 13.9. The van der Waals surface area contributed by atoms with E-state index in [2.05, 4.69) is 24.3 Å². The standard InChI is InChI=1S/C13H21N3O3/c1-13(2)9-10(4-8-19-13)14-5-7-16-6-3-11(15-16)12(17)18/h3,6,10,14H,4-5,7-9H2,1-2H3,(H,17,18). The fourth-order valence-corrected chi connectivity index (χ4v) is 2.39. The van der Waals surface area contributed by atoms with Crippen molar-refractivity contribution in [1.29, 1.82) is 0 Å². The molecule has 2 heterocycles. The van der Waals surface area contributed by atoms with E-state index in [9.17, 15) is 4.79 Å². The minimum Gasteiger partial charge on any atom is -0.476 e. The number of hydrogen-bond acceptors (Lipinski definition) is 4. The molecule has 1 atom stereocenters. The molecule has 1 aromatic heterocycles. The highest BCUT2D eigenvalue weighted by Crippen LogP contribution is 2.23. The normalized spacial score (nSPS) is 22.3. The monoisotopic (exact) mass is 267 g/mol. The number of ether oxygens (including phenoxy) is 1. The third kappa shape index (κ3) is 4.04. The van der Waals surface area contributed by atoms with E-state index >= 15 is 0 Å². The molecule has 0 amide bonds. The zero-order valence-electron chi connectivity index (χ0n) is 11.4. The molecule has 2 N–H and O–H groups in total. The molecule has 6 heteroatoms. The Hall–Kier alpha value is -1.40. The number of aromatic nitrogens is 2. The second kappa shape index (κ2) is 5.71. The lowest BCUT2D eigenvalue weighted by Crippen LogP contribution is -2.44. The number of nitrogens with zero attached hydrogens (tertiary/aromatic N) is 2. The van der Waals surface area contributed by atoms with Crippen LogP contribution in [0.15, 0.2) is 12.3 Å². The van der Waals surface area contributed by atoms with Gasteiger partial charge in [0, 0.05) is 25.4 Å². The number of aromatic carboxylic acids is 1. The zero-order valence-corrected chi connectivity index (χ0v) is 11.4. The summed E-state index contributed by atoms with van der Waals surface area (Å²) in [4.78, 5) is 10.7. The number of rotatable bonds is 5. The van der Waals surface area contributed by atoms with Crippen molar-refractivity contribution in [2.24, 2.45) is 0 Å². The smallest absolute Gasteiger partial charge is 0.356 e. The summed E-state index contributed by atoms with van der Waals surface area (Å²) in [6, 6.07) is 1.97. The molecule has 0 bridgehead atoms. The van der Waals surface area contributed by atoms with Gasteiger partial charge in [0.25, 0.3) is 0 Å². The Morgan fingerprint density at radius 3 is 3.11 bits per heavy atom. The van der Waals surface area contributed by atoms with Gasteiger partial charge < -0.3 is 15.2 Å². The first-order valence-electron chi connectivity index (χ1n) is 6.60. The largest absolute Gasteiger partial charge is 0.476 e. The Morgan fingerprint density at radius 2 is 2.47 bits per heavy atom. The Kier molecular flexibility index (Phi) is 4.21. The summed E-state index contributed by atoms with van der Waals surface area (Å²) in [6.07, 6.45) is 3.70. The van der Waals surface area contributed by atoms with Gasteiger partial charge in [0.1, 0.15) is 0 Å². The van der Waals surface area contributed by atoms with Gasteiger partial charge in [-0.15, -0.1) is 0 Å². The van der Waals surface area contributed by atoms with Crippen LogP contribution >= 0.6 is 0 Å². The molecule has 2 rings (SSSR count). The van der Waals surface area contributed by atoms with E-state index in [0.717, 1.165) is 26.0 Å². The van der Waals surface area contributed by atoms with E-state index in [1.807, 2.05) is 0 Å². The van der Waals surface area contributed by atoms with E-state index in [0.29, 0.717) is 12.6 Å². The van der Waals surface area contributed by atoms with Gasteiger partial charge in [-0.1, -0.05) is 0 Å². The molecule has 0 radical (unpaired) electrons. The average Bonchev–Trinajstić information content (AvgIpc) is 2.76. The molecule has 1 aliphatic rings. The molecule has 0 saturated carbocycles. The van der Waals surface area contributed by atoms with Gasteiger partial charge in [0.2, 0.25) is 0 Å². The molecule has 1 fully saturated rings. The Bertz CT molecular complexity index is 442. The Balaban J connectivity index is 1.75. The number of carbonyl (C=O) groups is 1. The Labute approximate surface area is 112 Å². The van der Waals surface area contributed by atoms with Gasteiger partial charge in [0.15, 0.2) is 5.69 Å². The summed E-state index contributed by atoms with van der Waals surface area (Å²) < 4.78 is 7.32. The molecule has 1 unspecified atom stereocenters. The SMILES string of the molecule is CC1(C)CC(NCCn2ccc(C(=O)O)n2)CCO1. The van der Waals surface area contributed by atoms with Crippen molar-refractivity contribution < 1.29 is 14.6 Å². The first-order valence-corrected chi connectivity index (χ1v) is 6.60. The first kappa shape index (κ1) is 14.0. The van der Waals surface area contributed by atoms with Crippen molar-refractivity contribution in [3.63, 3.8) is 0 Å². The molecule has 0 aromatic carbocycles. The van der Waals surface area contributed by atoms with Crippen LogP contribution in [0.3, 0.4) is 0 Å². The lowest BCUT2D eigenvalue weighted by Gasteiger charge is -2.36. The van der Waals surface area contributed by atoms with E-state index in [1.165, 1.54) is 6.07 Å². The molecular formula is C13H21N3O3. The molecule has 0 aliphatic carbocycles. The van der Waals surface area contributed by atoms with Crippen molar-refractivity contribution in [2.75, 3.05) is 13.2 Å². The number of carboxylic acids is 1. The minimum absolute atomic E-state index is 0.0574. The summed E-state index contributed by atoms with van der Waals surface area (Å²) >= 11 is 0. The Morgan fingerprint density at radius 1 is 1.68 bits per heavy atom. The summed E-state index contributed by atoms with van der Waals surface area (Å²) in [5, 5.41) is 16.2. The second-order valence-corrected chi connectivity index (χ2v) is 5.52. The maximum Gasteiger partial charge on any atom is 0.356 e. The minimum atomic E-state index is -0.988. The highest BCUT2D eigenvalue weighted by Gasteiger charge is 2.28. The van der Waals surface area contributed by atoms with Crippen molar-refractivity contribution in [3.8, 4) is 0 Å². The molecular weight excluding hydrogens is 246 g/mol. The lowest BCUT2D eigenvalue weighted by molar-refractivity contribution is -0.0628. The molecule has 0 spiro atoms. The third-order valence-electron chi connectivity index (χ3n) is 3.33. The number of nitrogens with one attached hydrogen (secondary N) is 1. The molecule has 1 aromatic rings. The second-order valence-electron chi connectivity index (χ2n) is 5.52. The van der Waals surface area contributed by atoms with Crippen LogP contribution in [0.25, 0.3) is 0 Å². The van der Waals surface area contributed by atoms with Crippen LogP contribution in [0.5, 0.6) is 0 Å². The van der Waals surface area contributed by atoms with E-state index < -0.39 is 5.97 Å². The fraction of sp³-hybridized carbons (Fsp3) is 0.692. The number of hydrogen-bond donors (Lipinski definition) is 2. The highest BCUT2D eigenvalue weighted by atomic mass is 16.5. The summed E-state index contributed by atoms with van der Waals surface area (Å²) in [5.74, 6) is -0.988. The predicted octanol–water partition coefficient (Wildman–Crippen LogP) is 1.13. The quantitative estimate of drug-likeness (QED) is 0.836. The molecule has 19 heavy (non-hydrogen) atoms. The molecule has 1 aliphatic heterocycles. The van der Waals surface area contributed by atoms with Crippen LogP contribution < -0.4 is 5.32 Å². The third-order valence-corrected chi connectivity index (χ3v) is 3.33. The van der Waals surface area contributed by atoms with Crippen LogP contribution in [0.1, 0.15) is 37.2 Å². The van der Waals surface area contributed by atoms with Crippen molar-refractivity contribution in [3.05, 3.63) is 18.0 Å². The van der Waals surface area contributed by atoms with E-state index in [1.54, 1.807) is 10.9 Å². The summed E-state index contributed by atoms with van der Waals surface area (Å²) in [6.45, 7) is 6.45. The van der Waals surface area contributed by atoms with Gasteiger partial charge in [-0.05, 0) is 32.8 Å². The van der Waals surface area contributed by atoms with Gasteiger partial charge in [0.05, 0.1) is 12.1 Å². The van der Waals surface area contributed by atoms with E-state index in [4.69, 9.17) is 9.84 Å². The van der Waals surface area contributed by atoms with Crippen molar-refractivity contribution in [1.82, 2.24) is 15.1 Å². The lowest BCUT2D eigenvalue weighted by atomic mass is 9.94. The van der Waals surface area contributed by atoms with Gasteiger partial charge in [-0.2, -0.15) is 5.10 Å². The van der Waals surface area contributed by atoms with Crippen LogP contribution in [0.2, 0.25) is 0 Å².